The molecule has 1 aromatic carbocycles. The molecule has 1 aromatic rings. The number of carbonyl (C=O) groups excluding carboxylic acids is 1. The smallest absolute Gasteiger partial charge is 0.122 e. The van der Waals surface area contributed by atoms with Gasteiger partial charge >= 0.3 is 0 Å². The molecule has 14 heavy (non-hydrogen) atoms. The molecular formula is C12H14O2. The van der Waals surface area contributed by atoms with Gasteiger partial charge in [0.1, 0.15) is 6.29 Å². The molecule has 1 unspecified atom stereocenters. The van der Waals surface area contributed by atoms with Gasteiger partial charge in [-0.1, -0.05) is 24.3 Å². The number of carbonyl (C=O) groups is 1. The molecule has 0 bridgehead atoms. The topological polar surface area (TPSA) is 37.3 Å². The minimum absolute atomic E-state index is 0.189. The summed E-state index contributed by atoms with van der Waals surface area (Å²) in [5.74, 6) is 0.693. The molecule has 1 fully saturated rings. The van der Waals surface area contributed by atoms with Crippen molar-refractivity contribution in [3.05, 3.63) is 35.4 Å². The Labute approximate surface area is 83.6 Å². The summed E-state index contributed by atoms with van der Waals surface area (Å²) in [6.07, 6.45) is 2.83. The van der Waals surface area contributed by atoms with Gasteiger partial charge in [0.25, 0.3) is 0 Å². The number of hydrogen-bond donors (Lipinski definition) is 1. The van der Waals surface area contributed by atoms with Crippen molar-refractivity contribution >= 4 is 6.29 Å². The maximum absolute atomic E-state index is 10.3. The van der Waals surface area contributed by atoms with E-state index in [0.717, 1.165) is 11.8 Å². The van der Waals surface area contributed by atoms with Crippen LogP contribution in [0.4, 0.5) is 0 Å². The molecule has 0 amide bonds. The van der Waals surface area contributed by atoms with Gasteiger partial charge in [-0.15, -0.1) is 0 Å². The number of aliphatic hydroxyl groups excluding tert-OH is 1. The van der Waals surface area contributed by atoms with Gasteiger partial charge in [0.2, 0.25) is 0 Å². The van der Waals surface area contributed by atoms with E-state index in [4.69, 9.17) is 0 Å². The van der Waals surface area contributed by atoms with Crippen LogP contribution < -0.4 is 0 Å². The molecule has 1 atom stereocenters. The second-order valence-electron chi connectivity index (χ2n) is 3.86. The van der Waals surface area contributed by atoms with Gasteiger partial charge < -0.3 is 9.90 Å². The normalized spacial score (nSPS) is 17.8. The molecule has 0 aromatic heterocycles. The fraction of sp³-hybridized carbons (Fsp3) is 0.417. The van der Waals surface area contributed by atoms with Crippen molar-refractivity contribution in [3.63, 3.8) is 0 Å². The molecule has 2 rings (SSSR count). The largest absolute Gasteiger partial charge is 0.388 e. The van der Waals surface area contributed by atoms with Crippen molar-refractivity contribution in [2.45, 2.75) is 31.3 Å². The third-order valence-electron chi connectivity index (χ3n) is 2.66. The molecule has 1 aliphatic carbocycles. The SMILES string of the molecule is O=CCC(O)c1cccc(C2CC2)c1. The third kappa shape index (κ3) is 2.02. The number of hydrogen-bond acceptors (Lipinski definition) is 2. The van der Waals surface area contributed by atoms with Gasteiger partial charge in [0.05, 0.1) is 6.10 Å². The Morgan fingerprint density at radius 3 is 2.93 bits per heavy atom. The second-order valence-corrected chi connectivity index (χ2v) is 3.86. The van der Waals surface area contributed by atoms with Gasteiger partial charge in [-0.25, -0.2) is 0 Å². The molecule has 1 N–H and O–H groups in total. The zero-order chi connectivity index (χ0) is 9.97. The van der Waals surface area contributed by atoms with E-state index in [-0.39, 0.29) is 6.42 Å². The Morgan fingerprint density at radius 1 is 1.50 bits per heavy atom. The molecule has 0 radical (unpaired) electrons. The summed E-state index contributed by atoms with van der Waals surface area (Å²) in [5, 5.41) is 9.62. The van der Waals surface area contributed by atoms with Gasteiger partial charge in [0, 0.05) is 6.42 Å². The van der Waals surface area contributed by atoms with Crippen molar-refractivity contribution in [1.29, 1.82) is 0 Å². The molecular weight excluding hydrogens is 176 g/mol. The highest BCUT2D eigenvalue weighted by molar-refractivity contribution is 5.51. The molecule has 2 heteroatoms. The van der Waals surface area contributed by atoms with Crippen LogP contribution in [-0.2, 0) is 4.79 Å². The molecule has 2 nitrogen and oxygen atoms in total. The molecule has 74 valence electrons. The standard InChI is InChI=1S/C12H14O2/c13-7-6-12(14)11-3-1-2-10(8-11)9-4-5-9/h1-3,7-9,12,14H,4-6H2. The average Bonchev–Trinajstić information content (AvgIpc) is 3.02. The highest BCUT2D eigenvalue weighted by atomic mass is 16.3. The van der Waals surface area contributed by atoms with Crippen LogP contribution in [0, 0.1) is 0 Å². The summed E-state index contributed by atoms with van der Waals surface area (Å²) in [6.45, 7) is 0. The number of benzene rings is 1. The predicted octanol–water partition coefficient (Wildman–Crippen LogP) is 2.19. The van der Waals surface area contributed by atoms with Crippen molar-refractivity contribution < 1.29 is 9.90 Å². The second kappa shape index (κ2) is 3.93. The lowest BCUT2D eigenvalue weighted by molar-refractivity contribution is -0.109. The van der Waals surface area contributed by atoms with E-state index >= 15 is 0 Å². The maximum atomic E-state index is 10.3. The summed E-state index contributed by atoms with van der Waals surface area (Å²) in [7, 11) is 0. The number of aldehydes is 1. The first-order valence-electron chi connectivity index (χ1n) is 5.03. The molecule has 1 aliphatic rings. The van der Waals surface area contributed by atoms with Crippen LogP contribution >= 0.6 is 0 Å². The van der Waals surface area contributed by atoms with Gasteiger partial charge in [-0.05, 0) is 29.9 Å². The minimum Gasteiger partial charge on any atom is -0.388 e. The highest BCUT2D eigenvalue weighted by Crippen LogP contribution is 2.40. The zero-order valence-electron chi connectivity index (χ0n) is 8.02. The molecule has 0 aliphatic heterocycles. The van der Waals surface area contributed by atoms with Gasteiger partial charge in [0.15, 0.2) is 0 Å². The van der Waals surface area contributed by atoms with Crippen molar-refractivity contribution in [1.82, 2.24) is 0 Å². The van der Waals surface area contributed by atoms with E-state index in [1.807, 2.05) is 18.2 Å². The quantitative estimate of drug-likeness (QED) is 0.739. The van der Waals surface area contributed by atoms with Crippen molar-refractivity contribution in [2.24, 2.45) is 0 Å². The van der Waals surface area contributed by atoms with Crippen LogP contribution in [0.1, 0.15) is 42.4 Å². The Morgan fingerprint density at radius 2 is 2.29 bits per heavy atom. The zero-order valence-corrected chi connectivity index (χ0v) is 8.02. The Balaban J connectivity index is 2.16. The lowest BCUT2D eigenvalue weighted by Gasteiger charge is -2.08. The minimum atomic E-state index is -0.633. The van der Waals surface area contributed by atoms with Crippen LogP contribution in [0.5, 0.6) is 0 Å². The summed E-state index contributed by atoms with van der Waals surface area (Å²) in [5.41, 5.74) is 2.16. The van der Waals surface area contributed by atoms with Crippen LogP contribution in [0.15, 0.2) is 24.3 Å². The summed E-state index contributed by atoms with van der Waals surface area (Å²) in [4.78, 5) is 10.3. The van der Waals surface area contributed by atoms with Crippen molar-refractivity contribution in [3.8, 4) is 0 Å². The van der Waals surface area contributed by atoms with Gasteiger partial charge in [-0.2, -0.15) is 0 Å². The third-order valence-corrected chi connectivity index (χ3v) is 2.66. The van der Waals surface area contributed by atoms with Crippen LogP contribution in [0.2, 0.25) is 0 Å². The molecule has 1 saturated carbocycles. The van der Waals surface area contributed by atoms with E-state index in [1.54, 1.807) is 0 Å². The lowest BCUT2D eigenvalue weighted by Crippen LogP contribution is -1.98. The van der Waals surface area contributed by atoms with Crippen LogP contribution in [0.3, 0.4) is 0 Å². The summed E-state index contributed by atoms with van der Waals surface area (Å²) >= 11 is 0. The molecule has 0 saturated heterocycles. The van der Waals surface area contributed by atoms with E-state index in [9.17, 15) is 9.90 Å². The highest BCUT2D eigenvalue weighted by Gasteiger charge is 2.23. The van der Waals surface area contributed by atoms with E-state index in [2.05, 4.69) is 6.07 Å². The number of rotatable bonds is 4. The van der Waals surface area contributed by atoms with E-state index < -0.39 is 6.10 Å². The Bertz CT molecular complexity index is 329. The first-order valence-corrected chi connectivity index (χ1v) is 5.03. The predicted molar refractivity (Wildman–Crippen MR) is 54.1 cm³/mol. The Kier molecular flexibility index (Phi) is 2.64. The average molecular weight is 190 g/mol. The first kappa shape index (κ1) is 9.41. The molecule has 0 heterocycles. The van der Waals surface area contributed by atoms with E-state index in [0.29, 0.717) is 5.92 Å². The summed E-state index contributed by atoms with van der Waals surface area (Å²) in [6, 6.07) is 7.94. The lowest BCUT2D eigenvalue weighted by atomic mass is 10.0. The maximum Gasteiger partial charge on any atom is 0.122 e. The first-order chi connectivity index (χ1) is 6.81. The van der Waals surface area contributed by atoms with E-state index in [1.165, 1.54) is 18.4 Å². The number of aliphatic hydroxyl groups is 1. The van der Waals surface area contributed by atoms with Crippen LogP contribution in [0.25, 0.3) is 0 Å². The fourth-order valence-corrected chi connectivity index (χ4v) is 1.66. The molecule has 0 spiro atoms. The van der Waals surface area contributed by atoms with Gasteiger partial charge in [-0.3, -0.25) is 0 Å². The fourth-order valence-electron chi connectivity index (χ4n) is 1.66. The van der Waals surface area contributed by atoms with Crippen LogP contribution in [-0.4, -0.2) is 11.4 Å². The summed E-state index contributed by atoms with van der Waals surface area (Å²) < 4.78 is 0. The Hall–Kier alpha value is -1.15. The monoisotopic (exact) mass is 190 g/mol. The van der Waals surface area contributed by atoms with Crippen molar-refractivity contribution in [2.75, 3.05) is 0 Å².